The van der Waals surface area contributed by atoms with Crippen molar-refractivity contribution in [1.29, 1.82) is 0 Å². The van der Waals surface area contributed by atoms with Crippen LogP contribution in [0.3, 0.4) is 0 Å². The second-order valence-electron chi connectivity index (χ2n) is 5.82. The first-order valence-electron chi connectivity index (χ1n) is 7.40. The minimum atomic E-state index is 0.388. The third-order valence-corrected chi connectivity index (χ3v) is 4.25. The fraction of sp³-hybridized carbons (Fsp3) is 0.714. The summed E-state index contributed by atoms with van der Waals surface area (Å²) >= 11 is 0. The number of rotatable bonds is 4. The highest BCUT2D eigenvalue weighted by Gasteiger charge is 2.20. The van der Waals surface area contributed by atoms with Crippen LogP contribution in [0.5, 0.6) is 0 Å². The first-order valence-corrected chi connectivity index (χ1v) is 7.40. The molecule has 104 valence electrons. The zero-order valence-corrected chi connectivity index (χ0v) is 11.3. The third kappa shape index (κ3) is 3.35. The van der Waals surface area contributed by atoms with E-state index in [1.165, 1.54) is 19.3 Å². The van der Waals surface area contributed by atoms with Crippen molar-refractivity contribution in [3.05, 3.63) is 12.4 Å². The predicted molar refractivity (Wildman–Crippen MR) is 77.1 cm³/mol. The zero-order chi connectivity index (χ0) is 13.1. The molecule has 1 aromatic heterocycles. The number of nitrogens with one attached hydrogen (secondary N) is 2. The lowest BCUT2D eigenvalue weighted by molar-refractivity contribution is 0.410. The van der Waals surface area contributed by atoms with E-state index in [2.05, 4.69) is 20.6 Å². The highest BCUT2D eigenvalue weighted by molar-refractivity contribution is 5.47. The van der Waals surface area contributed by atoms with E-state index in [9.17, 15) is 0 Å². The molecule has 1 heterocycles. The summed E-state index contributed by atoms with van der Waals surface area (Å²) in [6.45, 7) is 0. The second kappa shape index (κ2) is 5.74. The van der Waals surface area contributed by atoms with Crippen molar-refractivity contribution in [3.63, 3.8) is 0 Å². The summed E-state index contributed by atoms with van der Waals surface area (Å²) < 4.78 is 0. The van der Waals surface area contributed by atoms with Gasteiger partial charge in [0.1, 0.15) is 18.0 Å². The van der Waals surface area contributed by atoms with Crippen LogP contribution < -0.4 is 16.4 Å². The Morgan fingerprint density at radius 2 is 1.47 bits per heavy atom. The highest BCUT2D eigenvalue weighted by Crippen LogP contribution is 2.24. The summed E-state index contributed by atoms with van der Waals surface area (Å²) in [6, 6.07) is 3.52. The molecule has 2 saturated carbocycles. The van der Waals surface area contributed by atoms with Crippen LogP contribution >= 0.6 is 0 Å². The molecular formula is C14H23N5. The van der Waals surface area contributed by atoms with Gasteiger partial charge in [-0.3, -0.25) is 0 Å². The summed E-state index contributed by atoms with van der Waals surface area (Å²) in [5.41, 5.74) is 5.93. The monoisotopic (exact) mass is 261 g/mol. The summed E-state index contributed by atoms with van der Waals surface area (Å²) in [7, 11) is 0. The van der Waals surface area contributed by atoms with Crippen LogP contribution in [0.25, 0.3) is 0 Å². The standard InChI is InChI=1S/C14H23N5/c15-10-4-6-12(7-5-10)19-14-8-13(16-9-17-14)18-11-2-1-3-11/h8-12H,1-7,15H2,(H2,16,17,18,19). The molecule has 5 nitrogen and oxygen atoms in total. The van der Waals surface area contributed by atoms with Gasteiger partial charge in [-0.2, -0.15) is 0 Å². The average Bonchev–Trinajstić information content (AvgIpc) is 2.37. The lowest BCUT2D eigenvalue weighted by Crippen LogP contribution is -2.33. The molecule has 2 fully saturated rings. The number of hydrogen-bond donors (Lipinski definition) is 3. The molecule has 2 aliphatic carbocycles. The number of nitrogens with two attached hydrogens (primary N) is 1. The van der Waals surface area contributed by atoms with Gasteiger partial charge in [-0.25, -0.2) is 9.97 Å². The van der Waals surface area contributed by atoms with E-state index in [-0.39, 0.29) is 0 Å². The van der Waals surface area contributed by atoms with E-state index in [0.29, 0.717) is 18.1 Å². The summed E-state index contributed by atoms with van der Waals surface area (Å²) in [5, 5.41) is 6.96. The Morgan fingerprint density at radius 3 is 2.00 bits per heavy atom. The molecule has 5 heteroatoms. The molecule has 0 atom stereocenters. The quantitative estimate of drug-likeness (QED) is 0.774. The predicted octanol–water partition coefficient (Wildman–Crippen LogP) is 2.12. The third-order valence-electron chi connectivity index (χ3n) is 4.25. The first-order chi connectivity index (χ1) is 9.29. The Labute approximate surface area is 114 Å². The molecule has 0 aromatic carbocycles. The number of hydrogen-bond acceptors (Lipinski definition) is 5. The molecule has 0 spiro atoms. The molecule has 1 aromatic rings. The Morgan fingerprint density at radius 1 is 0.895 bits per heavy atom. The largest absolute Gasteiger partial charge is 0.367 e. The van der Waals surface area contributed by atoms with Gasteiger partial charge in [-0.15, -0.1) is 0 Å². The van der Waals surface area contributed by atoms with Crippen molar-refractivity contribution in [2.45, 2.75) is 63.1 Å². The molecule has 0 bridgehead atoms. The molecule has 0 aliphatic heterocycles. The van der Waals surface area contributed by atoms with E-state index < -0.39 is 0 Å². The van der Waals surface area contributed by atoms with E-state index in [4.69, 9.17) is 5.73 Å². The van der Waals surface area contributed by atoms with E-state index in [1.807, 2.05) is 6.07 Å². The van der Waals surface area contributed by atoms with Gasteiger partial charge >= 0.3 is 0 Å². The van der Waals surface area contributed by atoms with Gasteiger partial charge in [-0.05, 0) is 44.9 Å². The molecule has 0 unspecified atom stereocenters. The van der Waals surface area contributed by atoms with Gasteiger partial charge in [0.25, 0.3) is 0 Å². The normalized spacial score (nSPS) is 27.6. The van der Waals surface area contributed by atoms with Crippen molar-refractivity contribution < 1.29 is 0 Å². The Balaban J connectivity index is 1.56. The maximum Gasteiger partial charge on any atom is 0.131 e. The lowest BCUT2D eigenvalue weighted by Gasteiger charge is -2.28. The lowest BCUT2D eigenvalue weighted by atomic mass is 9.92. The molecule has 3 rings (SSSR count). The molecule has 4 N–H and O–H groups in total. The Kier molecular flexibility index (Phi) is 3.82. The molecule has 0 radical (unpaired) electrons. The van der Waals surface area contributed by atoms with Crippen molar-refractivity contribution in [1.82, 2.24) is 9.97 Å². The van der Waals surface area contributed by atoms with Gasteiger partial charge < -0.3 is 16.4 Å². The van der Waals surface area contributed by atoms with Crippen LogP contribution in [0.15, 0.2) is 12.4 Å². The fourth-order valence-corrected chi connectivity index (χ4v) is 2.75. The van der Waals surface area contributed by atoms with Crippen LogP contribution in [0.1, 0.15) is 44.9 Å². The van der Waals surface area contributed by atoms with Gasteiger partial charge in [0.15, 0.2) is 0 Å². The molecule has 0 saturated heterocycles. The van der Waals surface area contributed by atoms with Crippen LogP contribution in [0.4, 0.5) is 11.6 Å². The van der Waals surface area contributed by atoms with Gasteiger partial charge in [0.2, 0.25) is 0 Å². The SMILES string of the molecule is NC1CCC(Nc2cc(NC3CCC3)ncn2)CC1. The van der Waals surface area contributed by atoms with E-state index >= 15 is 0 Å². The van der Waals surface area contributed by atoms with Crippen LogP contribution in [0, 0.1) is 0 Å². The van der Waals surface area contributed by atoms with Gasteiger partial charge in [-0.1, -0.05) is 0 Å². The van der Waals surface area contributed by atoms with E-state index in [1.54, 1.807) is 6.33 Å². The van der Waals surface area contributed by atoms with Crippen LogP contribution in [-0.2, 0) is 0 Å². The number of aromatic nitrogens is 2. The highest BCUT2D eigenvalue weighted by atomic mass is 15.1. The molecule has 2 aliphatic rings. The van der Waals surface area contributed by atoms with Crippen molar-refractivity contribution in [3.8, 4) is 0 Å². The minimum absolute atomic E-state index is 0.388. The Hall–Kier alpha value is -1.36. The zero-order valence-electron chi connectivity index (χ0n) is 11.3. The maximum atomic E-state index is 5.93. The molecule has 0 amide bonds. The number of anilines is 2. The fourth-order valence-electron chi connectivity index (χ4n) is 2.75. The smallest absolute Gasteiger partial charge is 0.131 e. The van der Waals surface area contributed by atoms with Crippen molar-refractivity contribution in [2.75, 3.05) is 10.6 Å². The van der Waals surface area contributed by atoms with Crippen molar-refractivity contribution in [2.24, 2.45) is 5.73 Å². The second-order valence-corrected chi connectivity index (χ2v) is 5.82. The van der Waals surface area contributed by atoms with Crippen LogP contribution in [-0.4, -0.2) is 28.1 Å². The number of nitrogens with zero attached hydrogens (tertiary/aromatic N) is 2. The van der Waals surface area contributed by atoms with Crippen molar-refractivity contribution >= 4 is 11.6 Å². The molecule has 19 heavy (non-hydrogen) atoms. The average molecular weight is 261 g/mol. The van der Waals surface area contributed by atoms with E-state index in [0.717, 1.165) is 37.3 Å². The van der Waals surface area contributed by atoms with Crippen LogP contribution in [0.2, 0.25) is 0 Å². The Bertz CT molecular complexity index is 410. The minimum Gasteiger partial charge on any atom is -0.367 e. The first kappa shape index (κ1) is 12.7. The van der Waals surface area contributed by atoms with Gasteiger partial charge in [0, 0.05) is 24.2 Å². The summed E-state index contributed by atoms with van der Waals surface area (Å²) in [6.07, 6.45) is 9.97. The summed E-state index contributed by atoms with van der Waals surface area (Å²) in [5.74, 6) is 1.87. The molecular weight excluding hydrogens is 238 g/mol. The maximum absolute atomic E-state index is 5.93. The van der Waals surface area contributed by atoms with Gasteiger partial charge in [0.05, 0.1) is 0 Å². The summed E-state index contributed by atoms with van der Waals surface area (Å²) in [4.78, 5) is 8.59. The topological polar surface area (TPSA) is 75.9 Å².